The highest BCUT2D eigenvalue weighted by Crippen LogP contribution is 2.25. The van der Waals surface area contributed by atoms with Crippen molar-refractivity contribution in [3.05, 3.63) is 76.4 Å². The molecule has 0 saturated carbocycles. The molecule has 0 atom stereocenters. The molecule has 30 heavy (non-hydrogen) atoms. The predicted molar refractivity (Wildman–Crippen MR) is 106 cm³/mol. The Kier molecular flexibility index (Phi) is 7.26. The smallest absolute Gasteiger partial charge is 0.339 e. The van der Waals surface area contributed by atoms with E-state index in [0.29, 0.717) is 0 Å². The minimum Gasteiger partial charge on any atom is -0.452 e. The number of hydrogen-bond acceptors (Lipinski definition) is 8. The molecule has 0 fully saturated rings. The summed E-state index contributed by atoms with van der Waals surface area (Å²) in [6, 6.07) is 8.36. The van der Waals surface area contributed by atoms with Crippen LogP contribution in [0.1, 0.15) is 15.9 Å². The van der Waals surface area contributed by atoms with Crippen molar-refractivity contribution in [3.8, 4) is 5.75 Å². The summed E-state index contributed by atoms with van der Waals surface area (Å²) >= 11 is 0. The van der Waals surface area contributed by atoms with E-state index < -0.39 is 39.2 Å². The fourth-order valence-corrected chi connectivity index (χ4v) is 3.42. The molecular formula is C19H18N2O8S. The molecule has 0 aliphatic carbocycles. The first kappa shape index (κ1) is 22.6. The number of non-ortho nitro benzene ring substituents is 1. The van der Waals surface area contributed by atoms with Gasteiger partial charge in [-0.05, 0) is 36.8 Å². The molecule has 0 aromatic heterocycles. The van der Waals surface area contributed by atoms with Gasteiger partial charge in [0.1, 0.15) is 10.6 Å². The van der Waals surface area contributed by atoms with Crippen LogP contribution in [0, 0.1) is 17.0 Å². The van der Waals surface area contributed by atoms with E-state index in [4.69, 9.17) is 8.92 Å². The molecule has 0 radical (unpaired) electrons. The molecule has 158 valence electrons. The lowest BCUT2D eigenvalue weighted by atomic mass is 10.2. The zero-order valence-electron chi connectivity index (χ0n) is 15.9. The lowest BCUT2D eigenvalue weighted by molar-refractivity contribution is -0.385. The van der Waals surface area contributed by atoms with Crippen LogP contribution in [0.5, 0.6) is 5.75 Å². The van der Waals surface area contributed by atoms with Crippen LogP contribution in [0.3, 0.4) is 0 Å². The molecule has 0 bridgehead atoms. The van der Waals surface area contributed by atoms with E-state index in [-0.39, 0.29) is 28.3 Å². The summed E-state index contributed by atoms with van der Waals surface area (Å²) in [5.41, 5.74) is -0.0451. The summed E-state index contributed by atoms with van der Waals surface area (Å²) in [6.45, 7) is 4.67. The van der Waals surface area contributed by atoms with E-state index in [2.05, 4.69) is 11.9 Å². The first-order valence-corrected chi connectivity index (χ1v) is 9.89. The van der Waals surface area contributed by atoms with Gasteiger partial charge < -0.3 is 14.2 Å². The van der Waals surface area contributed by atoms with E-state index in [1.807, 2.05) is 0 Å². The van der Waals surface area contributed by atoms with Crippen molar-refractivity contribution in [2.75, 3.05) is 13.2 Å². The summed E-state index contributed by atoms with van der Waals surface area (Å²) < 4.78 is 34.8. The van der Waals surface area contributed by atoms with Crippen LogP contribution >= 0.6 is 0 Å². The van der Waals surface area contributed by atoms with Gasteiger partial charge in [-0.25, -0.2) is 4.79 Å². The molecular weight excluding hydrogens is 416 g/mol. The van der Waals surface area contributed by atoms with Crippen LogP contribution < -0.4 is 9.50 Å². The van der Waals surface area contributed by atoms with E-state index in [9.17, 15) is 28.1 Å². The van der Waals surface area contributed by atoms with Gasteiger partial charge in [-0.2, -0.15) is 8.42 Å². The van der Waals surface area contributed by atoms with Crippen LogP contribution in [-0.4, -0.2) is 38.4 Å². The molecule has 2 aromatic rings. The Morgan fingerprint density at radius 3 is 2.47 bits per heavy atom. The van der Waals surface area contributed by atoms with Crippen LogP contribution in [0.4, 0.5) is 5.69 Å². The van der Waals surface area contributed by atoms with Crippen molar-refractivity contribution in [2.45, 2.75) is 11.8 Å². The van der Waals surface area contributed by atoms with E-state index >= 15 is 0 Å². The van der Waals surface area contributed by atoms with Crippen LogP contribution in [-0.2, 0) is 19.6 Å². The number of benzene rings is 2. The lowest BCUT2D eigenvalue weighted by Crippen LogP contribution is -2.28. The maximum atomic E-state index is 12.5. The topological polar surface area (TPSA) is 142 Å². The average molecular weight is 434 g/mol. The second-order valence-electron chi connectivity index (χ2n) is 5.94. The van der Waals surface area contributed by atoms with Crippen molar-refractivity contribution in [1.29, 1.82) is 0 Å². The van der Waals surface area contributed by atoms with Gasteiger partial charge in [-0.15, -0.1) is 6.58 Å². The lowest BCUT2D eigenvalue weighted by Gasteiger charge is -2.10. The Morgan fingerprint density at radius 2 is 1.87 bits per heavy atom. The van der Waals surface area contributed by atoms with Crippen molar-refractivity contribution in [1.82, 2.24) is 5.32 Å². The Morgan fingerprint density at radius 1 is 1.20 bits per heavy atom. The van der Waals surface area contributed by atoms with Gasteiger partial charge in [-0.3, -0.25) is 14.9 Å². The Bertz CT molecular complexity index is 1080. The van der Waals surface area contributed by atoms with Crippen molar-refractivity contribution < 1.29 is 31.9 Å². The maximum absolute atomic E-state index is 12.5. The van der Waals surface area contributed by atoms with E-state index in [0.717, 1.165) is 6.07 Å². The third-order valence-electron chi connectivity index (χ3n) is 3.73. The van der Waals surface area contributed by atoms with E-state index in [1.165, 1.54) is 49.4 Å². The molecule has 0 unspecified atom stereocenters. The normalized spacial score (nSPS) is 10.7. The minimum atomic E-state index is -4.35. The minimum absolute atomic E-state index is 0.0720. The molecule has 0 aliphatic heterocycles. The second-order valence-corrected chi connectivity index (χ2v) is 7.45. The third kappa shape index (κ3) is 5.88. The Labute approximate surface area is 172 Å². The number of rotatable bonds is 9. The van der Waals surface area contributed by atoms with Gasteiger partial charge in [0.2, 0.25) is 0 Å². The van der Waals surface area contributed by atoms with Gasteiger partial charge in [0, 0.05) is 18.7 Å². The number of aryl methyl sites for hydroxylation is 1. The molecule has 10 nitrogen and oxygen atoms in total. The third-order valence-corrected chi connectivity index (χ3v) is 5.12. The number of ether oxygens (including phenoxy) is 1. The Balaban J connectivity index is 2.09. The van der Waals surface area contributed by atoms with Gasteiger partial charge in [-0.1, -0.05) is 12.1 Å². The number of nitrogens with zero attached hydrogens (tertiary/aromatic N) is 1. The van der Waals surface area contributed by atoms with Crippen molar-refractivity contribution in [2.24, 2.45) is 0 Å². The number of carbonyl (C=O) groups excluding carboxylic acids is 2. The molecule has 0 spiro atoms. The maximum Gasteiger partial charge on any atom is 0.339 e. The monoisotopic (exact) mass is 434 g/mol. The van der Waals surface area contributed by atoms with Crippen LogP contribution in [0.25, 0.3) is 0 Å². The predicted octanol–water partition coefficient (Wildman–Crippen LogP) is 2.13. The number of amides is 1. The number of hydrogen-bond donors (Lipinski definition) is 1. The summed E-state index contributed by atoms with van der Waals surface area (Å²) in [5, 5.41) is 13.3. The highest BCUT2D eigenvalue weighted by atomic mass is 32.2. The van der Waals surface area contributed by atoms with Crippen molar-refractivity contribution >= 4 is 27.7 Å². The van der Waals surface area contributed by atoms with Gasteiger partial charge in [0.05, 0.1) is 10.5 Å². The number of nitrogens with one attached hydrogen (secondary N) is 1. The number of carbonyl (C=O) groups is 2. The number of nitro groups is 1. The molecule has 0 saturated heterocycles. The first-order valence-electron chi connectivity index (χ1n) is 8.48. The quantitative estimate of drug-likeness (QED) is 0.208. The summed E-state index contributed by atoms with van der Waals surface area (Å²) in [5.74, 6) is -1.39. The highest BCUT2D eigenvalue weighted by molar-refractivity contribution is 7.87. The fourth-order valence-electron chi connectivity index (χ4n) is 2.24. The van der Waals surface area contributed by atoms with E-state index in [1.54, 1.807) is 0 Å². The zero-order valence-corrected chi connectivity index (χ0v) is 16.7. The van der Waals surface area contributed by atoms with Gasteiger partial charge >= 0.3 is 16.1 Å². The van der Waals surface area contributed by atoms with Gasteiger partial charge in [0.15, 0.2) is 6.61 Å². The first-order chi connectivity index (χ1) is 14.1. The van der Waals surface area contributed by atoms with Crippen molar-refractivity contribution in [3.63, 3.8) is 0 Å². The largest absolute Gasteiger partial charge is 0.452 e. The number of esters is 1. The van der Waals surface area contributed by atoms with Crippen LogP contribution in [0.2, 0.25) is 0 Å². The SMILES string of the molecule is C=CCNC(=O)COC(=O)c1ccc(OS(=O)(=O)c2cc([N+](=O)[O-])ccc2C)cc1. The molecule has 1 amide bonds. The summed E-state index contributed by atoms with van der Waals surface area (Å²) in [6.07, 6.45) is 1.47. The molecule has 11 heteroatoms. The number of nitro benzene ring substituents is 1. The molecule has 1 N–H and O–H groups in total. The molecule has 2 rings (SSSR count). The summed E-state index contributed by atoms with van der Waals surface area (Å²) in [4.78, 5) is 33.2. The Hall–Kier alpha value is -3.73. The van der Waals surface area contributed by atoms with Crippen LogP contribution in [0.15, 0.2) is 60.0 Å². The molecule has 0 aliphatic rings. The standard InChI is InChI=1S/C19H18N2O8S/c1-3-10-20-18(22)12-28-19(23)14-5-8-16(9-6-14)29-30(26,27)17-11-15(21(24)25)7-4-13(17)2/h3-9,11H,1,10,12H2,2H3,(H,20,22). The second kappa shape index (κ2) is 9.65. The summed E-state index contributed by atoms with van der Waals surface area (Å²) in [7, 11) is -4.35. The molecule has 2 aromatic carbocycles. The average Bonchev–Trinajstić information content (AvgIpc) is 2.70. The molecule has 0 heterocycles. The van der Waals surface area contributed by atoms with Gasteiger partial charge in [0.25, 0.3) is 11.6 Å². The zero-order chi connectivity index (χ0) is 22.3. The fraction of sp³-hybridized carbons (Fsp3) is 0.158. The highest BCUT2D eigenvalue weighted by Gasteiger charge is 2.23.